The molecule has 0 aliphatic heterocycles. The Labute approximate surface area is 76.8 Å². The third kappa shape index (κ3) is 8.77. The Morgan fingerprint density at radius 3 is 2.69 bits per heavy atom. The molecule has 0 bridgehead atoms. The minimum Gasteiger partial charge on any atom is -0.370 e. The van der Waals surface area contributed by atoms with Crippen LogP contribution in [0, 0.1) is 0 Å². The summed E-state index contributed by atoms with van der Waals surface area (Å²) >= 11 is 0. The predicted octanol–water partition coefficient (Wildman–Crippen LogP) is -2.18. The van der Waals surface area contributed by atoms with Gasteiger partial charge in [-0.1, -0.05) is 0 Å². The molecule has 0 aliphatic carbocycles. The molecule has 2 amide bonds. The number of rotatable bonds is 7. The van der Waals surface area contributed by atoms with Gasteiger partial charge in [-0.15, -0.1) is 0 Å². The number of hydrogen-bond donors (Lipinski definition) is 3. The van der Waals surface area contributed by atoms with E-state index in [-0.39, 0.29) is 19.1 Å². The van der Waals surface area contributed by atoms with Crippen LogP contribution in [0.15, 0.2) is 0 Å². The minimum absolute atomic E-state index is 0.106. The average molecular weight is 189 g/mol. The second-order valence-electron chi connectivity index (χ2n) is 2.40. The zero-order chi connectivity index (χ0) is 10.1. The number of nitrogens with two attached hydrogens (primary N) is 1. The first-order chi connectivity index (χ1) is 6.16. The maximum absolute atomic E-state index is 10.8. The quantitative estimate of drug-likeness (QED) is 0.397. The minimum atomic E-state index is -0.512. The number of likely N-dealkylation sites (N-methyl/N-ethyl adjacent to an activating group) is 1. The summed E-state index contributed by atoms with van der Waals surface area (Å²) in [7, 11) is 1.68. The van der Waals surface area contributed by atoms with Crippen molar-refractivity contribution >= 4 is 11.8 Å². The van der Waals surface area contributed by atoms with Gasteiger partial charge < -0.3 is 21.1 Å². The lowest BCUT2D eigenvalue weighted by molar-refractivity contribution is -0.122. The van der Waals surface area contributed by atoms with Gasteiger partial charge >= 0.3 is 0 Å². The number of amides is 2. The van der Waals surface area contributed by atoms with Crippen molar-refractivity contribution in [2.75, 3.05) is 33.4 Å². The van der Waals surface area contributed by atoms with E-state index in [2.05, 4.69) is 10.6 Å². The summed E-state index contributed by atoms with van der Waals surface area (Å²) in [5.41, 5.74) is 4.82. The molecule has 0 spiro atoms. The van der Waals surface area contributed by atoms with Crippen LogP contribution in [0.4, 0.5) is 0 Å². The molecule has 0 saturated carbocycles. The molecular formula is C7H15N3O3. The monoisotopic (exact) mass is 189 g/mol. The van der Waals surface area contributed by atoms with Crippen molar-refractivity contribution in [1.82, 2.24) is 10.6 Å². The standard InChI is InChI=1S/C7H15N3O3/c1-9-4-7(12)10-2-3-13-5-6(8)11/h9H,2-5H2,1H3,(H2,8,11)(H,10,12). The summed E-state index contributed by atoms with van der Waals surface area (Å²) < 4.78 is 4.81. The molecule has 0 heterocycles. The number of hydrogen-bond acceptors (Lipinski definition) is 4. The van der Waals surface area contributed by atoms with E-state index >= 15 is 0 Å². The Kier molecular flexibility index (Phi) is 6.85. The molecule has 0 rings (SSSR count). The summed E-state index contributed by atoms with van der Waals surface area (Å²) in [4.78, 5) is 21.0. The first-order valence-electron chi connectivity index (χ1n) is 3.94. The van der Waals surface area contributed by atoms with Gasteiger partial charge in [-0.3, -0.25) is 9.59 Å². The first kappa shape index (κ1) is 11.9. The number of ether oxygens (including phenoxy) is 1. The van der Waals surface area contributed by atoms with Crippen molar-refractivity contribution in [3.8, 4) is 0 Å². The SMILES string of the molecule is CNCC(=O)NCCOCC(N)=O. The molecule has 0 saturated heterocycles. The zero-order valence-corrected chi connectivity index (χ0v) is 7.63. The van der Waals surface area contributed by atoms with Crippen LogP contribution in [-0.2, 0) is 14.3 Å². The molecule has 0 fully saturated rings. The van der Waals surface area contributed by atoms with E-state index in [9.17, 15) is 9.59 Å². The molecule has 4 N–H and O–H groups in total. The highest BCUT2D eigenvalue weighted by Crippen LogP contribution is 1.72. The molecule has 0 radical (unpaired) electrons. The lowest BCUT2D eigenvalue weighted by Crippen LogP contribution is -2.34. The van der Waals surface area contributed by atoms with E-state index in [0.29, 0.717) is 13.2 Å². The normalized spacial score (nSPS) is 9.62. The Balaban J connectivity index is 3.16. The molecule has 6 heteroatoms. The smallest absolute Gasteiger partial charge is 0.243 e. The maximum Gasteiger partial charge on any atom is 0.243 e. The van der Waals surface area contributed by atoms with Crippen molar-refractivity contribution in [2.45, 2.75) is 0 Å². The second-order valence-corrected chi connectivity index (χ2v) is 2.40. The van der Waals surface area contributed by atoms with Crippen LogP contribution >= 0.6 is 0 Å². The van der Waals surface area contributed by atoms with Gasteiger partial charge in [0.2, 0.25) is 11.8 Å². The van der Waals surface area contributed by atoms with Crippen molar-refractivity contribution in [3.63, 3.8) is 0 Å². The fraction of sp³-hybridized carbons (Fsp3) is 0.714. The van der Waals surface area contributed by atoms with Crippen LogP contribution in [0.1, 0.15) is 0 Å². The van der Waals surface area contributed by atoms with Gasteiger partial charge in [0.1, 0.15) is 6.61 Å². The summed E-state index contributed by atoms with van der Waals surface area (Å²) in [6.07, 6.45) is 0. The van der Waals surface area contributed by atoms with E-state index in [4.69, 9.17) is 10.5 Å². The highest BCUT2D eigenvalue weighted by molar-refractivity contribution is 5.77. The van der Waals surface area contributed by atoms with Crippen molar-refractivity contribution < 1.29 is 14.3 Å². The number of primary amides is 1. The van der Waals surface area contributed by atoms with Crippen LogP contribution in [0.3, 0.4) is 0 Å². The van der Waals surface area contributed by atoms with Gasteiger partial charge in [-0.05, 0) is 7.05 Å². The summed E-state index contributed by atoms with van der Waals surface area (Å²) in [5, 5.41) is 5.28. The van der Waals surface area contributed by atoms with Crippen LogP contribution in [0.5, 0.6) is 0 Å². The van der Waals surface area contributed by atoms with Crippen molar-refractivity contribution in [1.29, 1.82) is 0 Å². The molecule has 6 nitrogen and oxygen atoms in total. The molecule has 0 aromatic carbocycles. The molecule has 0 unspecified atom stereocenters. The molecule has 0 aromatic heterocycles. The fourth-order valence-corrected chi connectivity index (χ4v) is 0.658. The molecule has 0 aromatic rings. The van der Waals surface area contributed by atoms with Crippen molar-refractivity contribution in [3.05, 3.63) is 0 Å². The van der Waals surface area contributed by atoms with Gasteiger partial charge in [0.05, 0.1) is 13.2 Å². The largest absolute Gasteiger partial charge is 0.370 e. The molecular weight excluding hydrogens is 174 g/mol. The predicted molar refractivity (Wildman–Crippen MR) is 46.9 cm³/mol. The third-order valence-electron chi connectivity index (χ3n) is 1.15. The van der Waals surface area contributed by atoms with E-state index in [0.717, 1.165) is 0 Å². The van der Waals surface area contributed by atoms with Gasteiger partial charge in [-0.2, -0.15) is 0 Å². The van der Waals surface area contributed by atoms with Gasteiger partial charge in [0.15, 0.2) is 0 Å². The summed E-state index contributed by atoms with van der Waals surface area (Å²) in [6.45, 7) is 0.837. The van der Waals surface area contributed by atoms with Gasteiger partial charge in [0, 0.05) is 6.54 Å². The Morgan fingerprint density at radius 1 is 1.46 bits per heavy atom. The van der Waals surface area contributed by atoms with Crippen LogP contribution in [0.2, 0.25) is 0 Å². The highest BCUT2D eigenvalue weighted by atomic mass is 16.5. The Morgan fingerprint density at radius 2 is 2.15 bits per heavy atom. The second kappa shape index (κ2) is 7.51. The Bertz CT molecular complexity index is 172. The van der Waals surface area contributed by atoms with Crippen molar-refractivity contribution in [2.24, 2.45) is 5.73 Å². The topological polar surface area (TPSA) is 93.4 Å². The lowest BCUT2D eigenvalue weighted by atomic mass is 10.5. The maximum atomic E-state index is 10.8. The molecule has 76 valence electrons. The van der Waals surface area contributed by atoms with E-state index in [1.54, 1.807) is 7.05 Å². The number of carbonyl (C=O) groups is 2. The van der Waals surface area contributed by atoms with Crippen LogP contribution < -0.4 is 16.4 Å². The first-order valence-corrected chi connectivity index (χ1v) is 3.94. The summed E-state index contributed by atoms with van der Waals surface area (Å²) in [5.74, 6) is -0.619. The van der Waals surface area contributed by atoms with E-state index < -0.39 is 5.91 Å². The number of carbonyl (C=O) groups excluding carboxylic acids is 2. The molecule has 0 atom stereocenters. The van der Waals surface area contributed by atoms with Crippen LogP contribution in [0.25, 0.3) is 0 Å². The fourth-order valence-electron chi connectivity index (χ4n) is 0.658. The van der Waals surface area contributed by atoms with Gasteiger partial charge in [0.25, 0.3) is 0 Å². The lowest BCUT2D eigenvalue weighted by Gasteiger charge is -2.04. The zero-order valence-electron chi connectivity index (χ0n) is 7.63. The van der Waals surface area contributed by atoms with E-state index in [1.165, 1.54) is 0 Å². The van der Waals surface area contributed by atoms with Gasteiger partial charge in [-0.25, -0.2) is 0 Å². The van der Waals surface area contributed by atoms with E-state index in [1.807, 2.05) is 0 Å². The molecule has 13 heavy (non-hydrogen) atoms. The third-order valence-corrected chi connectivity index (χ3v) is 1.15. The Hall–Kier alpha value is -1.14. The number of nitrogens with one attached hydrogen (secondary N) is 2. The average Bonchev–Trinajstić information content (AvgIpc) is 2.03. The molecule has 0 aliphatic rings. The highest BCUT2D eigenvalue weighted by Gasteiger charge is 1.97. The summed E-state index contributed by atoms with van der Waals surface area (Å²) in [6, 6.07) is 0. The van der Waals surface area contributed by atoms with Crippen LogP contribution in [-0.4, -0.2) is 45.2 Å².